The summed E-state index contributed by atoms with van der Waals surface area (Å²) in [5.74, 6) is 0. The maximum Gasteiger partial charge on any atom is 0.0991 e. The van der Waals surface area contributed by atoms with Crippen molar-refractivity contribution >= 4 is 0 Å². The van der Waals surface area contributed by atoms with Gasteiger partial charge in [0.15, 0.2) is 0 Å². The average Bonchev–Trinajstić information content (AvgIpc) is 2.40. The quantitative estimate of drug-likeness (QED) is 0.887. The van der Waals surface area contributed by atoms with Crippen molar-refractivity contribution in [2.45, 2.75) is 44.9 Å². The first-order valence-corrected chi connectivity index (χ1v) is 6.62. The first-order chi connectivity index (χ1) is 8.70. The normalized spacial score (nSPS) is 22.4. The summed E-state index contributed by atoms with van der Waals surface area (Å²) < 4.78 is 0. The maximum atomic E-state index is 9.82. The van der Waals surface area contributed by atoms with Crippen LogP contribution < -0.4 is 0 Å². The summed E-state index contributed by atoms with van der Waals surface area (Å²) in [6.07, 6.45) is 3.22. The molecule has 0 unspecified atom stereocenters. The topological polar surface area (TPSA) is 47.3 Å². The average molecular weight is 244 g/mol. The Morgan fingerprint density at radius 3 is 2.72 bits per heavy atom. The van der Waals surface area contributed by atoms with E-state index in [2.05, 4.69) is 11.0 Å². The Morgan fingerprint density at radius 2 is 2.11 bits per heavy atom. The molecule has 1 aliphatic rings. The van der Waals surface area contributed by atoms with Gasteiger partial charge in [-0.15, -0.1) is 0 Å². The number of hydrogen-bond acceptors (Lipinski definition) is 3. The predicted octanol–water partition coefficient (Wildman–Crippen LogP) is 2.29. The molecule has 0 spiro atoms. The lowest BCUT2D eigenvalue weighted by molar-refractivity contribution is 0.0317. The van der Waals surface area contributed by atoms with Crippen molar-refractivity contribution in [3.63, 3.8) is 0 Å². The molecule has 3 heteroatoms. The van der Waals surface area contributed by atoms with Gasteiger partial charge in [0.25, 0.3) is 0 Å². The second-order valence-electron chi connectivity index (χ2n) is 5.08. The lowest BCUT2D eigenvalue weighted by Gasteiger charge is -2.37. The third kappa shape index (κ3) is 3.10. The number of aliphatic hydroxyl groups excluding tert-OH is 1. The molecule has 0 aromatic heterocycles. The van der Waals surface area contributed by atoms with E-state index < -0.39 is 0 Å². The van der Waals surface area contributed by atoms with Crippen LogP contribution in [0, 0.1) is 11.3 Å². The molecule has 1 N–H and O–H groups in total. The summed E-state index contributed by atoms with van der Waals surface area (Å²) in [5, 5.41) is 18.6. The van der Waals surface area contributed by atoms with Crippen molar-refractivity contribution in [1.29, 1.82) is 5.26 Å². The molecular formula is C15H20N2O. The smallest absolute Gasteiger partial charge is 0.0991 e. The van der Waals surface area contributed by atoms with Crippen molar-refractivity contribution < 1.29 is 5.11 Å². The minimum absolute atomic E-state index is 0.273. The molecule has 0 amide bonds. The number of hydrogen-bond donors (Lipinski definition) is 1. The zero-order valence-corrected chi connectivity index (χ0v) is 10.8. The molecule has 2 atom stereocenters. The number of nitrogens with zero attached hydrogens (tertiary/aromatic N) is 2. The minimum Gasteiger partial charge on any atom is -0.392 e. The van der Waals surface area contributed by atoms with E-state index in [0.29, 0.717) is 5.56 Å². The van der Waals surface area contributed by atoms with Crippen LogP contribution in [0.15, 0.2) is 24.3 Å². The van der Waals surface area contributed by atoms with Gasteiger partial charge in [-0.1, -0.05) is 18.6 Å². The predicted molar refractivity (Wildman–Crippen MR) is 70.9 cm³/mol. The van der Waals surface area contributed by atoms with Crippen LogP contribution in [0.4, 0.5) is 0 Å². The molecule has 3 nitrogen and oxygen atoms in total. The molecule has 0 aliphatic carbocycles. The Hall–Kier alpha value is -1.37. The highest BCUT2D eigenvalue weighted by molar-refractivity contribution is 5.31. The number of rotatable bonds is 3. The van der Waals surface area contributed by atoms with Gasteiger partial charge in [-0.3, -0.25) is 4.90 Å². The van der Waals surface area contributed by atoms with Crippen LogP contribution in [0.2, 0.25) is 0 Å². The van der Waals surface area contributed by atoms with Gasteiger partial charge in [-0.05, 0) is 44.0 Å². The van der Waals surface area contributed by atoms with Crippen LogP contribution >= 0.6 is 0 Å². The van der Waals surface area contributed by atoms with Crippen LogP contribution in [-0.2, 0) is 6.54 Å². The van der Waals surface area contributed by atoms with Crippen LogP contribution in [0.1, 0.15) is 37.3 Å². The van der Waals surface area contributed by atoms with Crippen molar-refractivity contribution in [3.05, 3.63) is 35.4 Å². The van der Waals surface area contributed by atoms with Crippen molar-refractivity contribution in [2.75, 3.05) is 6.54 Å². The summed E-state index contributed by atoms with van der Waals surface area (Å²) in [5.41, 5.74) is 1.91. The Labute approximate surface area is 109 Å². The molecule has 96 valence electrons. The minimum atomic E-state index is -0.274. The fourth-order valence-corrected chi connectivity index (χ4v) is 2.68. The highest BCUT2D eigenvalue weighted by Crippen LogP contribution is 2.22. The molecule has 1 aromatic carbocycles. The number of nitriles is 1. The summed E-state index contributed by atoms with van der Waals surface area (Å²) in [4.78, 5) is 2.36. The van der Waals surface area contributed by atoms with Crippen molar-refractivity contribution in [3.8, 4) is 6.07 Å². The van der Waals surface area contributed by atoms with E-state index >= 15 is 0 Å². The molecule has 1 saturated heterocycles. The van der Waals surface area contributed by atoms with Crippen LogP contribution in [0.3, 0.4) is 0 Å². The monoisotopic (exact) mass is 244 g/mol. The Kier molecular flexibility index (Phi) is 4.35. The van der Waals surface area contributed by atoms with Crippen LogP contribution in [-0.4, -0.2) is 28.7 Å². The van der Waals surface area contributed by atoms with Gasteiger partial charge in [-0.25, -0.2) is 0 Å². The number of likely N-dealkylation sites (tertiary alicyclic amines) is 1. The van der Waals surface area contributed by atoms with Crippen molar-refractivity contribution in [2.24, 2.45) is 0 Å². The van der Waals surface area contributed by atoms with Crippen LogP contribution in [0.5, 0.6) is 0 Å². The SMILES string of the molecule is C[C@H](O)[C@H]1CCCCN1Cc1ccc(C#N)cc1. The molecule has 18 heavy (non-hydrogen) atoms. The van der Waals surface area contributed by atoms with Crippen molar-refractivity contribution in [1.82, 2.24) is 4.90 Å². The van der Waals surface area contributed by atoms with E-state index in [1.165, 1.54) is 18.4 Å². The maximum absolute atomic E-state index is 9.82. The molecule has 0 radical (unpaired) electrons. The standard InChI is InChI=1S/C15H20N2O/c1-12(18)15-4-2-3-9-17(15)11-14-7-5-13(10-16)6-8-14/h5-8,12,15,18H,2-4,9,11H2,1H3/t12-,15+/m0/s1. The fraction of sp³-hybridized carbons (Fsp3) is 0.533. The zero-order chi connectivity index (χ0) is 13.0. The van der Waals surface area contributed by atoms with E-state index in [1.54, 1.807) is 0 Å². The molecule has 1 aromatic rings. The first-order valence-electron chi connectivity index (χ1n) is 6.62. The lowest BCUT2D eigenvalue weighted by atomic mass is 9.97. The second-order valence-corrected chi connectivity index (χ2v) is 5.08. The van der Waals surface area contributed by atoms with Gasteiger partial charge in [0, 0.05) is 12.6 Å². The molecule has 1 aliphatic heterocycles. The lowest BCUT2D eigenvalue weighted by Crippen LogP contribution is -2.45. The zero-order valence-electron chi connectivity index (χ0n) is 10.8. The van der Waals surface area contributed by atoms with E-state index in [-0.39, 0.29) is 12.1 Å². The molecular weight excluding hydrogens is 224 g/mol. The largest absolute Gasteiger partial charge is 0.392 e. The van der Waals surface area contributed by atoms with Gasteiger partial charge in [0.05, 0.1) is 17.7 Å². The fourth-order valence-electron chi connectivity index (χ4n) is 2.68. The molecule has 0 bridgehead atoms. The Balaban J connectivity index is 2.04. The Bertz CT molecular complexity index is 419. The number of piperidine rings is 1. The number of aliphatic hydroxyl groups is 1. The van der Waals surface area contributed by atoms with Gasteiger partial charge >= 0.3 is 0 Å². The van der Waals surface area contributed by atoms with E-state index in [9.17, 15) is 5.11 Å². The van der Waals surface area contributed by atoms with E-state index in [4.69, 9.17) is 5.26 Å². The highest BCUT2D eigenvalue weighted by Gasteiger charge is 2.25. The van der Waals surface area contributed by atoms with E-state index in [1.807, 2.05) is 31.2 Å². The van der Waals surface area contributed by atoms with Crippen LogP contribution in [0.25, 0.3) is 0 Å². The molecule has 0 saturated carbocycles. The molecule has 1 fully saturated rings. The van der Waals surface area contributed by atoms with E-state index in [0.717, 1.165) is 19.5 Å². The summed E-state index contributed by atoms with van der Waals surface area (Å²) >= 11 is 0. The van der Waals surface area contributed by atoms with Gasteiger partial charge < -0.3 is 5.11 Å². The first kappa shape index (κ1) is 13.1. The number of benzene rings is 1. The third-order valence-electron chi connectivity index (χ3n) is 3.69. The van der Waals surface area contributed by atoms with Gasteiger partial charge in [0.2, 0.25) is 0 Å². The third-order valence-corrected chi connectivity index (χ3v) is 3.69. The summed E-state index contributed by atoms with van der Waals surface area (Å²) in [6, 6.07) is 10.1. The molecule has 2 rings (SSSR count). The molecule has 1 heterocycles. The summed E-state index contributed by atoms with van der Waals surface area (Å²) in [7, 11) is 0. The summed E-state index contributed by atoms with van der Waals surface area (Å²) in [6.45, 7) is 3.79. The van der Waals surface area contributed by atoms with Gasteiger partial charge in [-0.2, -0.15) is 5.26 Å². The van der Waals surface area contributed by atoms with Gasteiger partial charge in [0.1, 0.15) is 0 Å². The Morgan fingerprint density at radius 1 is 1.39 bits per heavy atom. The second kappa shape index (κ2) is 5.99. The highest BCUT2D eigenvalue weighted by atomic mass is 16.3.